The van der Waals surface area contributed by atoms with Crippen LogP contribution in [0.3, 0.4) is 0 Å². The van der Waals surface area contributed by atoms with E-state index >= 15 is 0 Å². The molecule has 0 unspecified atom stereocenters. The van der Waals surface area contributed by atoms with E-state index in [4.69, 9.17) is 27.9 Å². The highest BCUT2D eigenvalue weighted by Gasteiger charge is 2.27. The van der Waals surface area contributed by atoms with Gasteiger partial charge in [0.15, 0.2) is 12.4 Å². The van der Waals surface area contributed by atoms with Gasteiger partial charge in [0, 0.05) is 36.9 Å². The van der Waals surface area contributed by atoms with Crippen LogP contribution < -0.4 is 10.1 Å². The van der Waals surface area contributed by atoms with Crippen molar-refractivity contribution in [2.24, 2.45) is 0 Å². The minimum Gasteiger partial charge on any atom is -0.481 e. The van der Waals surface area contributed by atoms with Gasteiger partial charge in [-0.1, -0.05) is 23.2 Å². The number of sulfonamides is 1. The Balaban J connectivity index is 1.59. The first-order chi connectivity index (χ1) is 14.2. The lowest BCUT2D eigenvalue weighted by atomic mass is 10.3. The third-order valence-electron chi connectivity index (χ3n) is 4.55. The summed E-state index contributed by atoms with van der Waals surface area (Å²) >= 11 is 15.3. The Labute approximate surface area is 194 Å². The van der Waals surface area contributed by atoms with Gasteiger partial charge >= 0.3 is 0 Å². The lowest BCUT2D eigenvalue weighted by Crippen LogP contribution is -2.46. The lowest BCUT2D eigenvalue weighted by molar-refractivity contribution is -0.118. The van der Waals surface area contributed by atoms with Gasteiger partial charge in [0.2, 0.25) is 10.0 Å². The SMILES string of the molecule is CN1CCN(S(=O)(=O)c2ccc(NC(=O)COc3c(Cl)cc(Cl)cc3Br)cc2)CC1. The molecule has 2 aromatic carbocycles. The Morgan fingerprint density at radius 2 is 1.77 bits per heavy atom. The molecule has 1 saturated heterocycles. The first-order valence-corrected chi connectivity index (χ1v) is 12.0. The van der Waals surface area contributed by atoms with Gasteiger partial charge in [0.05, 0.1) is 14.4 Å². The van der Waals surface area contributed by atoms with E-state index in [2.05, 4.69) is 26.1 Å². The highest BCUT2D eigenvalue weighted by Crippen LogP contribution is 2.36. The fourth-order valence-corrected chi connectivity index (χ4v) is 5.68. The molecule has 1 amide bonds. The zero-order valence-corrected chi connectivity index (χ0v) is 20.0. The summed E-state index contributed by atoms with van der Waals surface area (Å²) in [6, 6.07) is 9.19. The van der Waals surface area contributed by atoms with Crippen LogP contribution in [0, 0.1) is 0 Å². The van der Waals surface area contributed by atoms with Gasteiger partial charge in [-0.05, 0) is 59.4 Å². The average Bonchev–Trinajstić information content (AvgIpc) is 2.68. The van der Waals surface area contributed by atoms with E-state index < -0.39 is 15.9 Å². The second kappa shape index (κ2) is 9.84. The van der Waals surface area contributed by atoms with Gasteiger partial charge < -0.3 is 15.0 Å². The average molecular weight is 537 g/mol. The van der Waals surface area contributed by atoms with Gasteiger partial charge in [-0.3, -0.25) is 4.79 Å². The van der Waals surface area contributed by atoms with Gasteiger partial charge in [-0.2, -0.15) is 4.31 Å². The number of nitrogens with one attached hydrogen (secondary N) is 1. The quantitative estimate of drug-likeness (QED) is 0.609. The van der Waals surface area contributed by atoms with Crippen LogP contribution in [0.1, 0.15) is 0 Å². The molecule has 162 valence electrons. The summed E-state index contributed by atoms with van der Waals surface area (Å²) in [6.45, 7) is 2.03. The van der Waals surface area contributed by atoms with Gasteiger partial charge in [0.1, 0.15) is 0 Å². The van der Waals surface area contributed by atoms with Crippen LogP contribution >= 0.6 is 39.1 Å². The molecule has 0 atom stereocenters. The fourth-order valence-electron chi connectivity index (χ4n) is 2.89. The molecule has 7 nitrogen and oxygen atoms in total. The van der Waals surface area contributed by atoms with Crippen molar-refractivity contribution in [2.75, 3.05) is 45.2 Å². The van der Waals surface area contributed by atoms with Crippen molar-refractivity contribution in [1.29, 1.82) is 0 Å². The van der Waals surface area contributed by atoms with E-state index in [1.54, 1.807) is 18.2 Å². The predicted octanol–water partition coefficient (Wildman–Crippen LogP) is 3.71. The normalized spacial score (nSPS) is 15.7. The summed E-state index contributed by atoms with van der Waals surface area (Å²) in [5.41, 5.74) is 0.460. The molecular weight excluding hydrogens is 517 g/mol. The molecule has 0 aromatic heterocycles. The van der Waals surface area contributed by atoms with Crippen molar-refractivity contribution in [3.05, 3.63) is 50.9 Å². The van der Waals surface area contributed by atoms with Crippen molar-refractivity contribution in [2.45, 2.75) is 4.90 Å². The number of benzene rings is 2. The van der Waals surface area contributed by atoms with Crippen LogP contribution in [-0.4, -0.2) is 63.4 Å². The molecule has 11 heteroatoms. The minimum absolute atomic E-state index is 0.193. The summed E-state index contributed by atoms with van der Waals surface area (Å²) in [4.78, 5) is 14.5. The number of hydrogen-bond donors (Lipinski definition) is 1. The summed E-state index contributed by atoms with van der Waals surface area (Å²) < 4.78 is 33.0. The van der Waals surface area contributed by atoms with E-state index in [1.165, 1.54) is 22.5 Å². The zero-order chi connectivity index (χ0) is 21.9. The third kappa shape index (κ3) is 5.66. The second-order valence-corrected chi connectivity index (χ2v) is 10.4. The van der Waals surface area contributed by atoms with Crippen LogP contribution in [-0.2, 0) is 14.8 Å². The van der Waals surface area contributed by atoms with Crippen molar-refractivity contribution < 1.29 is 17.9 Å². The summed E-state index contributed by atoms with van der Waals surface area (Å²) in [7, 11) is -1.59. The number of rotatable bonds is 6. The van der Waals surface area contributed by atoms with Crippen LogP contribution in [0.4, 0.5) is 5.69 Å². The minimum atomic E-state index is -3.55. The molecule has 0 bridgehead atoms. The Morgan fingerprint density at radius 3 is 2.37 bits per heavy atom. The predicted molar refractivity (Wildman–Crippen MR) is 121 cm³/mol. The topological polar surface area (TPSA) is 79.0 Å². The Bertz CT molecular complexity index is 1000. The van der Waals surface area contributed by atoms with E-state index in [-0.39, 0.29) is 16.5 Å². The fraction of sp³-hybridized carbons (Fsp3) is 0.316. The van der Waals surface area contributed by atoms with Gasteiger partial charge in [0.25, 0.3) is 5.91 Å². The van der Waals surface area contributed by atoms with Crippen molar-refractivity contribution in [3.8, 4) is 5.75 Å². The number of nitrogens with zero attached hydrogens (tertiary/aromatic N) is 2. The molecule has 2 aromatic rings. The summed E-state index contributed by atoms with van der Waals surface area (Å²) in [5, 5.41) is 3.38. The molecule has 1 aliphatic rings. The molecule has 1 heterocycles. The Hall–Kier alpha value is -1.36. The van der Waals surface area contributed by atoms with Gasteiger partial charge in [-0.15, -0.1) is 0 Å². The largest absolute Gasteiger partial charge is 0.481 e. The molecule has 0 saturated carbocycles. The molecule has 0 aliphatic carbocycles. The van der Waals surface area contributed by atoms with E-state index in [0.717, 1.165) is 0 Å². The molecular formula is C19H20BrCl2N3O4S. The van der Waals surface area contributed by atoms with Crippen LogP contribution in [0.25, 0.3) is 0 Å². The zero-order valence-electron chi connectivity index (χ0n) is 16.1. The lowest BCUT2D eigenvalue weighted by Gasteiger charge is -2.31. The van der Waals surface area contributed by atoms with Crippen molar-refractivity contribution in [3.63, 3.8) is 0 Å². The molecule has 0 spiro atoms. The molecule has 3 rings (SSSR count). The maximum Gasteiger partial charge on any atom is 0.262 e. The maximum atomic E-state index is 12.7. The van der Waals surface area contributed by atoms with E-state index in [1.807, 2.05) is 7.05 Å². The molecule has 1 fully saturated rings. The number of carbonyl (C=O) groups is 1. The highest BCUT2D eigenvalue weighted by atomic mass is 79.9. The number of anilines is 1. The van der Waals surface area contributed by atoms with E-state index in [9.17, 15) is 13.2 Å². The third-order valence-corrected chi connectivity index (χ3v) is 7.55. The number of halogens is 3. The Morgan fingerprint density at radius 1 is 1.13 bits per heavy atom. The molecule has 0 radical (unpaired) electrons. The van der Waals surface area contributed by atoms with Gasteiger partial charge in [-0.25, -0.2) is 8.42 Å². The van der Waals surface area contributed by atoms with Crippen molar-refractivity contribution >= 4 is 60.7 Å². The first-order valence-electron chi connectivity index (χ1n) is 9.03. The first kappa shape index (κ1) is 23.3. The van der Waals surface area contributed by atoms with E-state index in [0.29, 0.717) is 47.1 Å². The number of carbonyl (C=O) groups excluding carboxylic acids is 1. The van der Waals surface area contributed by atoms with Crippen molar-refractivity contribution in [1.82, 2.24) is 9.21 Å². The maximum absolute atomic E-state index is 12.7. The number of ether oxygens (including phenoxy) is 1. The van der Waals surface area contributed by atoms with Crippen LogP contribution in [0.15, 0.2) is 45.8 Å². The van der Waals surface area contributed by atoms with Crippen LogP contribution in [0.2, 0.25) is 10.0 Å². The summed E-state index contributed by atoms with van der Waals surface area (Å²) in [6.07, 6.45) is 0. The summed E-state index contributed by atoms with van der Waals surface area (Å²) in [5.74, 6) is -0.104. The smallest absolute Gasteiger partial charge is 0.262 e. The molecule has 1 N–H and O–H groups in total. The number of likely N-dealkylation sites (N-methyl/N-ethyl adjacent to an activating group) is 1. The number of piperazine rings is 1. The number of amides is 1. The Kier molecular flexibility index (Phi) is 7.65. The second-order valence-electron chi connectivity index (χ2n) is 6.77. The monoisotopic (exact) mass is 535 g/mol. The standard InChI is InChI=1S/C19H20BrCl2N3O4S/c1-24-6-8-25(9-7-24)30(27,28)15-4-2-14(3-5-15)23-18(26)12-29-19-16(20)10-13(21)11-17(19)22/h2-5,10-11H,6-9,12H2,1H3,(H,23,26). The number of hydrogen-bond acceptors (Lipinski definition) is 5. The molecule has 1 aliphatic heterocycles. The molecule has 30 heavy (non-hydrogen) atoms. The van der Waals surface area contributed by atoms with Crippen LogP contribution in [0.5, 0.6) is 5.75 Å². The highest BCUT2D eigenvalue weighted by molar-refractivity contribution is 9.10.